The number of nitrogens with zero attached hydrogens (tertiary/aromatic N) is 2. The lowest BCUT2D eigenvalue weighted by molar-refractivity contribution is 0.0725. The molecule has 2 aromatic carbocycles. The number of rotatable bonds is 5. The first-order valence-electron chi connectivity index (χ1n) is 7.50. The van der Waals surface area contributed by atoms with Crippen molar-refractivity contribution in [1.29, 1.82) is 0 Å². The molecule has 0 saturated carbocycles. The van der Waals surface area contributed by atoms with Crippen molar-refractivity contribution >= 4 is 16.9 Å². The van der Waals surface area contributed by atoms with Crippen molar-refractivity contribution in [1.82, 2.24) is 9.97 Å². The molecule has 0 amide bonds. The summed E-state index contributed by atoms with van der Waals surface area (Å²) < 4.78 is 34.7. The molecule has 0 aliphatic carbocycles. The predicted octanol–water partition coefficient (Wildman–Crippen LogP) is 3.01. The van der Waals surface area contributed by atoms with E-state index in [1.54, 1.807) is 6.07 Å². The molecule has 3 rings (SSSR count). The molecule has 0 fully saturated rings. The van der Waals surface area contributed by atoms with Gasteiger partial charge in [0, 0.05) is 5.39 Å². The maximum Gasteiger partial charge on any atom is 0.363 e. The van der Waals surface area contributed by atoms with Crippen LogP contribution in [0.3, 0.4) is 0 Å². The average molecular weight is 358 g/mol. The van der Waals surface area contributed by atoms with E-state index < -0.39 is 11.8 Å². The van der Waals surface area contributed by atoms with Crippen LogP contribution in [0.25, 0.3) is 10.9 Å². The fourth-order valence-corrected chi connectivity index (χ4v) is 2.49. The molecule has 1 aromatic heterocycles. The lowest BCUT2D eigenvalue weighted by Gasteiger charge is -2.15. The zero-order chi connectivity index (χ0) is 18.7. The van der Waals surface area contributed by atoms with Crippen LogP contribution in [-0.2, 0) is 0 Å². The fourth-order valence-electron chi connectivity index (χ4n) is 2.49. The van der Waals surface area contributed by atoms with E-state index in [9.17, 15) is 9.18 Å². The number of ether oxygens (including phenoxy) is 4. The Balaban J connectivity index is 2.03. The number of fused-ring (bicyclic) bond motifs is 1. The van der Waals surface area contributed by atoms with Crippen molar-refractivity contribution in [2.75, 3.05) is 21.3 Å². The summed E-state index contributed by atoms with van der Waals surface area (Å²) in [5.41, 5.74) is 0.360. The van der Waals surface area contributed by atoms with Gasteiger partial charge in [-0.25, -0.2) is 19.2 Å². The van der Waals surface area contributed by atoms with Gasteiger partial charge in [-0.05, 0) is 30.3 Å². The summed E-state index contributed by atoms with van der Waals surface area (Å²) in [5.74, 6) is -0.306. The fraction of sp³-hybridized carbons (Fsp3) is 0.167. The molecule has 0 spiro atoms. The summed E-state index contributed by atoms with van der Waals surface area (Å²) in [7, 11) is 4.32. The zero-order valence-electron chi connectivity index (χ0n) is 14.3. The first-order chi connectivity index (χ1) is 12.6. The highest BCUT2D eigenvalue weighted by Gasteiger charge is 2.22. The predicted molar refractivity (Wildman–Crippen MR) is 90.6 cm³/mol. The number of hydrogen-bond donors (Lipinski definition) is 0. The van der Waals surface area contributed by atoms with E-state index in [2.05, 4.69) is 9.97 Å². The Hall–Kier alpha value is -3.42. The summed E-state index contributed by atoms with van der Waals surface area (Å²) in [5, 5.41) is 0.247. The van der Waals surface area contributed by atoms with E-state index in [-0.39, 0.29) is 28.3 Å². The van der Waals surface area contributed by atoms with Gasteiger partial charge in [0.25, 0.3) is 0 Å². The van der Waals surface area contributed by atoms with Crippen molar-refractivity contribution < 1.29 is 28.1 Å². The van der Waals surface area contributed by atoms with Crippen LogP contribution in [0.15, 0.2) is 36.7 Å². The van der Waals surface area contributed by atoms with Crippen LogP contribution in [0.4, 0.5) is 4.39 Å². The molecule has 0 aliphatic heterocycles. The number of halogens is 1. The number of benzene rings is 2. The number of carbonyl (C=O) groups is 1. The molecule has 7 nitrogen and oxygen atoms in total. The van der Waals surface area contributed by atoms with Gasteiger partial charge in [0.1, 0.15) is 12.1 Å². The maximum absolute atomic E-state index is 13.5. The van der Waals surface area contributed by atoms with Gasteiger partial charge in [-0.2, -0.15) is 0 Å². The third-order valence-corrected chi connectivity index (χ3v) is 3.66. The summed E-state index contributed by atoms with van der Waals surface area (Å²) in [4.78, 5) is 20.5. The highest BCUT2D eigenvalue weighted by molar-refractivity contribution is 6.02. The summed E-state index contributed by atoms with van der Waals surface area (Å²) in [6.45, 7) is 0. The highest BCUT2D eigenvalue weighted by atomic mass is 19.1. The molecule has 0 N–H and O–H groups in total. The number of carbonyl (C=O) groups excluding carboxylic acids is 1. The average Bonchev–Trinajstić information content (AvgIpc) is 2.66. The quantitative estimate of drug-likeness (QED) is 0.512. The first-order valence-corrected chi connectivity index (χ1v) is 7.50. The first kappa shape index (κ1) is 17.4. The monoisotopic (exact) mass is 358 g/mol. The minimum Gasteiger partial charge on any atom is -0.493 e. The maximum atomic E-state index is 13.5. The molecule has 0 aliphatic rings. The van der Waals surface area contributed by atoms with Gasteiger partial charge in [0.15, 0.2) is 17.2 Å². The molecule has 134 valence electrons. The Morgan fingerprint density at radius 1 is 0.923 bits per heavy atom. The third-order valence-electron chi connectivity index (χ3n) is 3.66. The Labute approximate surface area is 148 Å². The van der Waals surface area contributed by atoms with Crippen molar-refractivity contribution in [3.8, 4) is 23.0 Å². The van der Waals surface area contributed by atoms with Crippen LogP contribution in [0.1, 0.15) is 10.5 Å². The van der Waals surface area contributed by atoms with Gasteiger partial charge in [-0.1, -0.05) is 0 Å². The van der Waals surface area contributed by atoms with Crippen LogP contribution in [0, 0.1) is 5.82 Å². The number of esters is 1. The Morgan fingerprint density at radius 3 is 2.31 bits per heavy atom. The van der Waals surface area contributed by atoms with Gasteiger partial charge < -0.3 is 18.9 Å². The molecule has 0 unspecified atom stereocenters. The normalized spacial score (nSPS) is 10.5. The van der Waals surface area contributed by atoms with E-state index in [1.165, 1.54) is 51.9 Å². The van der Waals surface area contributed by atoms with Crippen LogP contribution >= 0.6 is 0 Å². The van der Waals surface area contributed by atoms with Crippen LogP contribution < -0.4 is 18.9 Å². The largest absolute Gasteiger partial charge is 0.493 e. The van der Waals surface area contributed by atoms with Crippen molar-refractivity contribution in [2.45, 2.75) is 0 Å². The SMILES string of the molecule is COc1ccc(OC(=O)c2ncnc3ccc(F)cc23)c(OC)c1OC. The van der Waals surface area contributed by atoms with E-state index in [1.807, 2.05) is 0 Å². The molecule has 0 atom stereocenters. The van der Waals surface area contributed by atoms with E-state index in [4.69, 9.17) is 18.9 Å². The molecule has 0 bridgehead atoms. The summed E-state index contributed by atoms with van der Waals surface area (Å²) in [6.07, 6.45) is 1.21. The lowest BCUT2D eigenvalue weighted by Crippen LogP contribution is -2.12. The van der Waals surface area contributed by atoms with Crippen LogP contribution in [-0.4, -0.2) is 37.3 Å². The van der Waals surface area contributed by atoms with Gasteiger partial charge in [-0.15, -0.1) is 0 Å². The molecule has 1 heterocycles. The minimum atomic E-state index is -0.784. The topological polar surface area (TPSA) is 79.8 Å². The standard InChI is InChI=1S/C18H15FN2O5/c1-23-13-6-7-14(17(25-3)16(13)24-2)26-18(22)15-11-8-10(19)4-5-12(11)20-9-21-15/h4-9H,1-3H3. The number of aromatic nitrogens is 2. The van der Waals surface area contributed by atoms with Crippen LogP contribution in [0.2, 0.25) is 0 Å². The molecular formula is C18H15FN2O5. The zero-order valence-corrected chi connectivity index (χ0v) is 14.3. The van der Waals surface area contributed by atoms with Crippen molar-refractivity contribution in [3.05, 3.63) is 48.2 Å². The number of methoxy groups -OCH3 is 3. The lowest BCUT2D eigenvalue weighted by atomic mass is 10.2. The molecule has 0 saturated heterocycles. The second kappa shape index (κ2) is 7.22. The van der Waals surface area contributed by atoms with Crippen molar-refractivity contribution in [3.63, 3.8) is 0 Å². The van der Waals surface area contributed by atoms with E-state index in [0.29, 0.717) is 11.3 Å². The molecule has 26 heavy (non-hydrogen) atoms. The Bertz CT molecular complexity index is 977. The molecule has 8 heteroatoms. The molecule has 3 aromatic rings. The van der Waals surface area contributed by atoms with E-state index >= 15 is 0 Å². The van der Waals surface area contributed by atoms with Gasteiger partial charge in [0.2, 0.25) is 11.5 Å². The molecular weight excluding hydrogens is 343 g/mol. The van der Waals surface area contributed by atoms with Crippen molar-refractivity contribution in [2.24, 2.45) is 0 Å². The third kappa shape index (κ3) is 3.08. The van der Waals surface area contributed by atoms with Gasteiger partial charge in [-0.3, -0.25) is 0 Å². The van der Waals surface area contributed by atoms with E-state index in [0.717, 1.165) is 0 Å². The second-order valence-electron chi connectivity index (χ2n) is 5.11. The molecule has 0 radical (unpaired) electrons. The summed E-state index contributed by atoms with van der Waals surface area (Å²) in [6, 6.07) is 6.96. The Kier molecular flexibility index (Phi) is 4.83. The second-order valence-corrected chi connectivity index (χ2v) is 5.11. The summed E-state index contributed by atoms with van der Waals surface area (Å²) >= 11 is 0. The number of hydrogen-bond acceptors (Lipinski definition) is 7. The smallest absolute Gasteiger partial charge is 0.363 e. The van der Waals surface area contributed by atoms with Crippen LogP contribution in [0.5, 0.6) is 23.0 Å². The van der Waals surface area contributed by atoms with Gasteiger partial charge in [0.05, 0.1) is 26.8 Å². The highest BCUT2D eigenvalue weighted by Crippen LogP contribution is 2.44. The Morgan fingerprint density at radius 2 is 1.62 bits per heavy atom. The van der Waals surface area contributed by atoms with Gasteiger partial charge >= 0.3 is 5.97 Å². The minimum absolute atomic E-state index is 0.0636.